The molecule has 0 spiro atoms. The number of H-pyrrole nitrogens is 1. The summed E-state index contributed by atoms with van der Waals surface area (Å²) < 4.78 is 0. The zero-order chi connectivity index (χ0) is 18.7. The highest BCUT2D eigenvalue weighted by Crippen LogP contribution is 2.29. The molecule has 12 nitrogen and oxygen atoms in total. The van der Waals surface area contributed by atoms with Crippen molar-refractivity contribution in [2.45, 2.75) is 23.6 Å². The number of fused-ring (bicyclic) bond motifs is 1. The molecule has 3 aromatic rings. The average molecular weight is 375 g/mol. The van der Waals surface area contributed by atoms with Crippen molar-refractivity contribution in [2.75, 3.05) is 11.1 Å². The third kappa shape index (κ3) is 3.66. The highest BCUT2D eigenvalue weighted by atomic mass is 32.2. The fourth-order valence-corrected chi connectivity index (χ4v) is 3.05. The molecule has 134 valence electrons. The lowest BCUT2D eigenvalue weighted by Crippen LogP contribution is -2.25. The molecule has 0 aliphatic rings. The quantitative estimate of drug-likeness (QED) is 0.245. The van der Waals surface area contributed by atoms with Gasteiger partial charge in [-0.25, -0.2) is 19.9 Å². The Morgan fingerprint density at radius 3 is 2.77 bits per heavy atom. The number of rotatable bonds is 6. The Kier molecular flexibility index (Phi) is 4.88. The first kappa shape index (κ1) is 17.5. The first-order valence-electron chi connectivity index (χ1n) is 7.38. The highest BCUT2D eigenvalue weighted by Gasteiger charge is 2.22. The lowest BCUT2D eigenvalue weighted by atomic mass is 10.3. The van der Waals surface area contributed by atoms with Crippen LogP contribution in [0.5, 0.6) is 0 Å². The number of carbonyl (C=O) groups excluding carboxylic acids is 1. The maximum absolute atomic E-state index is 12.5. The van der Waals surface area contributed by atoms with Crippen LogP contribution >= 0.6 is 11.8 Å². The molecule has 3 aromatic heterocycles. The summed E-state index contributed by atoms with van der Waals surface area (Å²) in [5.74, 6) is -0.328. The van der Waals surface area contributed by atoms with Gasteiger partial charge in [0.2, 0.25) is 17.8 Å². The fraction of sp³-hybridized carbons (Fsp3) is 0.231. The molecule has 0 radical (unpaired) electrons. The molecule has 0 unspecified atom stereocenters. The lowest BCUT2D eigenvalue weighted by molar-refractivity contribution is -0.385. The van der Waals surface area contributed by atoms with Crippen molar-refractivity contribution >= 4 is 46.4 Å². The second kappa shape index (κ2) is 7.26. The number of nitrogens with one attached hydrogen (secondary N) is 2. The zero-order valence-electron chi connectivity index (χ0n) is 13.4. The highest BCUT2D eigenvalue weighted by molar-refractivity contribution is 8.00. The Bertz CT molecular complexity index is 959. The number of aromatic amines is 1. The largest absolute Gasteiger partial charge is 0.368 e. The second-order valence-electron chi connectivity index (χ2n) is 5.01. The standard InChI is InChI=1S/C13H13N9O3S/c1-2-7(10(23)20-13-15-3-6(4-16-13)22(24)25)26-11-8-9(18-5-17-8)19-12(14)21-11/h3-5,7H,2H2,1H3,(H,15,16,20,23)(H3,14,17,18,19,21)/t7-/m0/s1. The van der Waals surface area contributed by atoms with Crippen LogP contribution in [0.1, 0.15) is 13.3 Å². The van der Waals surface area contributed by atoms with E-state index in [1.807, 2.05) is 6.92 Å². The van der Waals surface area contributed by atoms with E-state index in [1.54, 1.807) is 0 Å². The van der Waals surface area contributed by atoms with Gasteiger partial charge in [-0.15, -0.1) is 0 Å². The number of nitro groups is 1. The Balaban J connectivity index is 1.76. The third-order valence-corrected chi connectivity index (χ3v) is 4.62. The van der Waals surface area contributed by atoms with E-state index >= 15 is 0 Å². The molecule has 26 heavy (non-hydrogen) atoms. The number of aromatic nitrogens is 6. The molecule has 4 N–H and O–H groups in total. The molecule has 0 saturated heterocycles. The topological polar surface area (TPSA) is 178 Å². The molecule has 1 amide bonds. The van der Waals surface area contributed by atoms with Crippen LogP contribution in [-0.4, -0.2) is 46.0 Å². The molecule has 0 bridgehead atoms. The molecule has 1 atom stereocenters. The van der Waals surface area contributed by atoms with Crippen molar-refractivity contribution in [3.8, 4) is 0 Å². The van der Waals surface area contributed by atoms with Crippen LogP contribution in [0.15, 0.2) is 23.7 Å². The van der Waals surface area contributed by atoms with Gasteiger partial charge < -0.3 is 10.7 Å². The Labute approximate surface area is 150 Å². The second-order valence-corrected chi connectivity index (χ2v) is 6.21. The van der Waals surface area contributed by atoms with Crippen LogP contribution < -0.4 is 11.1 Å². The molecular formula is C13H13N9O3S. The van der Waals surface area contributed by atoms with Crippen LogP contribution in [0.2, 0.25) is 0 Å². The molecular weight excluding hydrogens is 362 g/mol. The van der Waals surface area contributed by atoms with Crippen molar-refractivity contribution in [3.63, 3.8) is 0 Å². The van der Waals surface area contributed by atoms with Crippen molar-refractivity contribution in [1.82, 2.24) is 29.9 Å². The summed E-state index contributed by atoms with van der Waals surface area (Å²) >= 11 is 1.19. The molecule has 3 rings (SSSR count). The zero-order valence-corrected chi connectivity index (χ0v) is 14.2. The Hall–Kier alpha value is -3.35. The fourth-order valence-electron chi connectivity index (χ4n) is 2.04. The van der Waals surface area contributed by atoms with Crippen molar-refractivity contribution < 1.29 is 9.72 Å². The van der Waals surface area contributed by atoms with Gasteiger partial charge in [0, 0.05) is 0 Å². The van der Waals surface area contributed by atoms with Gasteiger partial charge >= 0.3 is 5.69 Å². The van der Waals surface area contributed by atoms with Crippen LogP contribution in [-0.2, 0) is 4.79 Å². The number of nitrogens with two attached hydrogens (primary N) is 1. The van der Waals surface area contributed by atoms with Crippen molar-refractivity contribution in [3.05, 3.63) is 28.8 Å². The Morgan fingerprint density at radius 2 is 2.12 bits per heavy atom. The number of nitrogens with zero attached hydrogens (tertiary/aromatic N) is 6. The SMILES string of the molecule is CC[C@H](Sc1nc(N)nc2nc[nH]c12)C(=O)Nc1ncc([N+](=O)[O-])cn1. The summed E-state index contributed by atoms with van der Waals surface area (Å²) in [4.78, 5) is 45.1. The predicted octanol–water partition coefficient (Wildman–Crippen LogP) is 1.14. The van der Waals surface area contributed by atoms with Gasteiger partial charge in [0.15, 0.2) is 5.65 Å². The van der Waals surface area contributed by atoms with E-state index < -0.39 is 10.2 Å². The van der Waals surface area contributed by atoms with Crippen LogP contribution in [0.3, 0.4) is 0 Å². The summed E-state index contributed by atoms with van der Waals surface area (Å²) in [5, 5.41) is 13.1. The third-order valence-electron chi connectivity index (χ3n) is 3.27. The first-order valence-corrected chi connectivity index (χ1v) is 8.26. The van der Waals surface area contributed by atoms with Gasteiger partial charge in [0.1, 0.15) is 22.9 Å². The normalized spacial score (nSPS) is 12.0. The molecule has 0 fully saturated rings. The number of amides is 1. The van der Waals surface area contributed by atoms with Gasteiger partial charge in [-0.05, 0) is 6.42 Å². The van der Waals surface area contributed by atoms with E-state index in [-0.39, 0.29) is 23.5 Å². The van der Waals surface area contributed by atoms with E-state index in [9.17, 15) is 14.9 Å². The number of hydrogen-bond donors (Lipinski definition) is 3. The van der Waals surface area contributed by atoms with Gasteiger partial charge in [-0.2, -0.15) is 4.98 Å². The molecule has 0 aromatic carbocycles. The summed E-state index contributed by atoms with van der Waals surface area (Å²) in [5.41, 5.74) is 6.41. The van der Waals surface area contributed by atoms with E-state index in [2.05, 4.69) is 35.2 Å². The summed E-state index contributed by atoms with van der Waals surface area (Å²) in [6.45, 7) is 1.84. The van der Waals surface area contributed by atoms with Crippen molar-refractivity contribution in [2.24, 2.45) is 0 Å². The molecule has 13 heteroatoms. The minimum absolute atomic E-state index is 0.0199. The minimum atomic E-state index is -0.620. The van der Waals surface area contributed by atoms with Gasteiger partial charge in [-0.1, -0.05) is 18.7 Å². The molecule has 0 saturated carbocycles. The monoisotopic (exact) mass is 375 g/mol. The van der Waals surface area contributed by atoms with Gasteiger partial charge in [0.25, 0.3) is 0 Å². The maximum Gasteiger partial charge on any atom is 0.305 e. The number of anilines is 2. The number of nitrogen functional groups attached to an aromatic ring is 1. The number of carbonyl (C=O) groups is 1. The molecule has 0 aliphatic heterocycles. The van der Waals surface area contributed by atoms with E-state index in [4.69, 9.17) is 5.73 Å². The van der Waals surface area contributed by atoms with E-state index in [0.717, 1.165) is 12.4 Å². The van der Waals surface area contributed by atoms with Gasteiger partial charge in [-0.3, -0.25) is 20.2 Å². The first-order chi connectivity index (χ1) is 12.5. The Morgan fingerprint density at radius 1 is 1.38 bits per heavy atom. The minimum Gasteiger partial charge on any atom is -0.368 e. The maximum atomic E-state index is 12.5. The van der Waals surface area contributed by atoms with Crippen molar-refractivity contribution in [1.29, 1.82) is 0 Å². The summed E-state index contributed by atoms with van der Waals surface area (Å²) in [7, 11) is 0. The summed E-state index contributed by atoms with van der Waals surface area (Å²) in [6.07, 6.45) is 4.00. The van der Waals surface area contributed by atoms with E-state index in [1.165, 1.54) is 18.1 Å². The van der Waals surface area contributed by atoms with Crippen LogP contribution in [0.4, 0.5) is 17.6 Å². The molecule has 3 heterocycles. The van der Waals surface area contributed by atoms with E-state index in [0.29, 0.717) is 22.6 Å². The number of imidazole rings is 1. The smallest absolute Gasteiger partial charge is 0.305 e. The lowest BCUT2D eigenvalue weighted by Gasteiger charge is -2.13. The number of thioether (sulfide) groups is 1. The average Bonchev–Trinajstić information content (AvgIpc) is 3.08. The van der Waals surface area contributed by atoms with Gasteiger partial charge in [0.05, 0.1) is 16.5 Å². The number of hydrogen-bond acceptors (Lipinski definition) is 10. The van der Waals surface area contributed by atoms with Crippen LogP contribution in [0.25, 0.3) is 11.2 Å². The molecule has 0 aliphatic carbocycles. The predicted molar refractivity (Wildman–Crippen MR) is 93.3 cm³/mol. The summed E-state index contributed by atoms with van der Waals surface area (Å²) in [6, 6.07) is 0. The van der Waals surface area contributed by atoms with Crippen LogP contribution in [0, 0.1) is 10.1 Å².